The molecule has 2 nitrogen and oxygen atoms in total. The summed E-state index contributed by atoms with van der Waals surface area (Å²) in [7, 11) is 0. The predicted molar refractivity (Wildman–Crippen MR) is 45.7 cm³/mol. The van der Waals surface area contributed by atoms with Gasteiger partial charge in [0.1, 0.15) is 18.8 Å². The molecule has 0 aromatic rings. The Hall–Kier alpha value is -1.05. The Bertz CT molecular complexity index is 220. The van der Waals surface area contributed by atoms with Gasteiger partial charge in [-0.05, 0) is 19.9 Å². The monoisotopic (exact) mass is 152 g/mol. The van der Waals surface area contributed by atoms with Gasteiger partial charge in [-0.1, -0.05) is 6.58 Å². The number of hydrogen-bond donors (Lipinski definition) is 0. The Balaban J connectivity index is 2.80. The number of ether oxygens (including phenoxy) is 1. The van der Waals surface area contributed by atoms with Crippen LogP contribution in [0.5, 0.6) is 0 Å². The van der Waals surface area contributed by atoms with Crippen molar-refractivity contribution in [2.24, 2.45) is 0 Å². The molecule has 0 spiro atoms. The molecule has 0 saturated carbocycles. The lowest BCUT2D eigenvalue weighted by Crippen LogP contribution is -2.19. The zero-order valence-electron chi connectivity index (χ0n) is 7.13. The summed E-state index contributed by atoms with van der Waals surface area (Å²) in [4.78, 5) is 0. The van der Waals surface area contributed by atoms with E-state index < -0.39 is 0 Å². The van der Waals surface area contributed by atoms with Crippen LogP contribution >= 0.6 is 0 Å². The van der Waals surface area contributed by atoms with Crippen molar-refractivity contribution in [2.75, 3.05) is 13.1 Å². The third kappa shape index (κ3) is 1.70. The molecule has 0 bridgehead atoms. The first-order valence-electron chi connectivity index (χ1n) is 3.94. The van der Waals surface area contributed by atoms with Crippen molar-refractivity contribution in [2.45, 2.75) is 13.8 Å². The van der Waals surface area contributed by atoms with Crippen LogP contribution in [0.25, 0.3) is 0 Å². The summed E-state index contributed by atoms with van der Waals surface area (Å²) in [5.74, 6) is 1.65. The van der Waals surface area contributed by atoms with E-state index in [1.54, 1.807) is 0 Å². The third-order valence-corrected chi connectivity index (χ3v) is 1.72. The van der Waals surface area contributed by atoms with Crippen molar-refractivity contribution < 1.29 is 9.31 Å². The summed E-state index contributed by atoms with van der Waals surface area (Å²) >= 11 is 0. The Labute approximate surface area is 67.5 Å². The molecule has 0 fully saturated rings. The van der Waals surface area contributed by atoms with E-state index in [0.717, 1.165) is 24.7 Å². The van der Waals surface area contributed by atoms with Gasteiger partial charge >= 0.3 is 5.90 Å². The lowest BCUT2D eigenvalue weighted by Gasteiger charge is -1.99. The first-order chi connectivity index (χ1) is 5.27. The average molecular weight is 152 g/mol. The standard InChI is InChI=1S/C9H14NO/c1-4-10(5-2)9-7-6-8(3)11-9/h6-7H,3-5H2,1-2H3/q+1. The molecule has 1 rings (SSSR count). The summed E-state index contributed by atoms with van der Waals surface area (Å²) in [6.07, 6.45) is 3.84. The summed E-state index contributed by atoms with van der Waals surface area (Å²) in [6, 6.07) is 0. The van der Waals surface area contributed by atoms with E-state index in [2.05, 4.69) is 25.0 Å². The molecule has 0 atom stereocenters. The fraction of sp³-hybridized carbons (Fsp3) is 0.444. The first kappa shape index (κ1) is 8.05. The maximum absolute atomic E-state index is 5.34. The maximum atomic E-state index is 5.34. The van der Waals surface area contributed by atoms with Crippen LogP contribution in [0.4, 0.5) is 0 Å². The normalized spacial score (nSPS) is 15.5. The quantitative estimate of drug-likeness (QED) is 0.547. The fourth-order valence-electron chi connectivity index (χ4n) is 1.07. The highest BCUT2D eigenvalue weighted by atomic mass is 16.5. The Morgan fingerprint density at radius 3 is 2.36 bits per heavy atom. The Morgan fingerprint density at radius 2 is 2.00 bits per heavy atom. The second-order valence-corrected chi connectivity index (χ2v) is 2.41. The van der Waals surface area contributed by atoms with Gasteiger partial charge in [0.15, 0.2) is 0 Å². The second-order valence-electron chi connectivity index (χ2n) is 2.41. The lowest BCUT2D eigenvalue weighted by molar-refractivity contribution is -0.527. The van der Waals surface area contributed by atoms with Crippen LogP contribution in [-0.4, -0.2) is 23.6 Å². The molecular formula is C9H14NO+. The van der Waals surface area contributed by atoms with Gasteiger partial charge in [-0.3, -0.25) is 0 Å². The third-order valence-electron chi connectivity index (χ3n) is 1.72. The minimum Gasteiger partial charge on any atom is -0.406 e. The highest BCUT2D eigenvalue weighted by molar-refractivity contribution is 5.87. The Kier molecular flexibility index (Phi) is 2.47. The van der Waals surface area contributed by atoms with Crippen molar-refractivity contribution in [3.63, 3.8) is 0 Å². The van der Waals surface area contributed by atoms with Crippen LogP contribution in [0.15, 0.2) is 24.5 Å². The van der Waals surface area contributed by atoms with E-state index in [4.69, 9.17) is 4.74 Å². The Morgan fingerprint density at radius 1 is 1.36 bits per heavy atom. The van der Waals surface area contributed by atoms with E-state index in [1.165, 1.54) is 0 Å². The van der Waals surface area contributed by atoms with Crippen LogP contribution in [0, 0.1) is 0 Å². The van der Waals surface area contributed by atoms with E-state index in [1.807, 2.05) is 12.2 Å². The highest BCUT2D eigenvalue weighted by Crippen LogP contribution is 2.06. The summed E-state index contributed by atoms with van der Waals surface area (Å²) in [5, 5.41) is 0. The minimum atomic E-state index is 0.729. The molecule has 0 saturated heterocycles. The van der Waals surface area contributed by atoms with Gasteiger partial charge in [0, 0.05) is 0 Å². The van der Waals surface area contributed by atoms with Crippen LogP contribution in [0.2, 0.25) is 0 Å². The number of rotatable bonds is 2. The maximum Gasteiger partial charge on any atom is 0.367 e. The summed E-state index contributed by atoms with van der Waals surface area (Å²) in [6.45, 7) is 9.86. The predicted octanol–water partition coefficient (Wildman–Crippen LogP) is 1.54. The molecule has 2 heteroatoms. The highest BCUT2D eigenvalue weighted by Gasteiger charge is 2.15. The first-order valence-corrected chi connectivity index (χ1v) is 3.94. The lowest BCUT2D eigenvalue weighted by atomic mass is 10.5. The minimum absolute atomic E-state index is 0.729. The molecule has 1 aliphatic rings. The molecule has 0 aromatic carbocycles. The van der Waals surface area contributed by atoms with Crippen LogP contribution in [0.1, 0.15) is 13.8 Å². The van der Waals surface area contributed by atoms with Crippen molar-refractivity contribution >= 4 is 5.90 Å². The molecule has 1 aliphatic heterocycles. The van der Waals surface area contributed by atoms with E-state index in [9.17, 15) is 0 Å². The van der Waals surface area contributed by atoms with Crippen LogP contribution < -0.4 is 0 Å². The number of allylic oxidation sites excluding steroid dienone is 1. The molecule has 0 aromatic heterocycles. The van der Waals surface area contributed by atoms with Gasteiger partial charge in [-0.2, -0.15) is 4.58 Å². The molecular weight excluding hydrogens is 138 g/mol. The average Bonchev–Trinajstić information content (AvgIpc) is 2.39. The molecule has 11 heavy (non-hydrogen) atoms. The topological polar surface area (TPSA) is 12.2 Å². The molecule has 0 aliphatic carbocycles. The van der Waals surface area contributed by atoms with Crippen molar-refractivity contribution in [1.29, 1.82) is 0 Å². The molecule has 0 radical (unpaired) electrons. The van der Waals surface area contributed by atoms with Crippen molar-refractivity contribution in [3.05, 3.63) is 24.5 Å². The van der Waals surface area contributed by atoms with Gasteiger partial charge in [0.05, 0.1) is 6.08 Å². The SMILES string of the molecule is C=C1C=CC(=[N+](CC)CC)O1. The number of nitrogens with zero attached hydrogens (tertiary/aromatic N) is 1. The van der Waals surface area contributed by atoms with Gasteiger partial charge in [-0.25, -0.2) is 0 Å². The number of hydrogen-bond acceptors (Lipinski definition) is 1. The summed E-state index contributed by atoms with van der Waals surface area (Å²) in [5.41, 5.74) is 0. The van der Waals surface area contributed by atoms with Crippen molar-refractivity contribution in [3.8, 4) is 0 Å². The van der Waals surface area contributed by atoms with E-state index in [-0.39, 0.29) is 0 Å². The second kappa shape index (κ2) is 3.37. The van der Waals surface area contributed by atoms with Gasteiger partial charge in [0.25, 0.3) is 0 Å². The molecule has 0 N–H and O–H groups in total. The van der Waals surface area contributed by atoms with Gasteiger partial charge < -0.3 is 4.74 Å². The van der Waals surface area contributed by atoms with Gasteiger partial charge in [0.2, 0.25) is 0 Å². The van der Waals surface area contributed by atoms with E-state index in [0.29, 0.717) is 0 Å². The zero-order valence-corrected chi connectivity index (χ0v) is 7.13. The molecule has 60 valence electrons. The molecule has 1 heterocycles. The zero-order chi connectivity index (χ0) is 8.27. The van der Waals surface area contributed by atoms with Crippen molar-refractivity contribution in [1.82, 2.24) is 0 Å². The van der Waals surface area contributed by atoms with Gasteiger partial charge in [-0.15, -0.1) is 0 Å². The fourth-order valence-corrected chi connectivity index (χ4v) is 1.07. The molecule has 0 unspecified atom stereocenters. The van der Waals surface area contributed by atoms with Crippen LogP contribution in [0.3, 0.4) is 0 Å². The largest absolute Gasteiger partial charge is 0.406 e. The molecule has 0 amide bonds. The van der Waals surface area contributed by atoms with Crippen LogP contribution in [-0.2, 0) is 4.74 Å². The summed E-state index contributed by atoms with van der Waals surface area (Å²) < 4.78 is 7.49. The smallest absolute Gasteiger partial charge is 0.367 e. The van der Waals surface area contributed by atoms with E-state index >= 15 is 0 Å².